The zero-order chi connectivity index (χ0) is 27.4. The molecule has 1 amide bonds. The van der Waals surface area contributed by atoms with Crippen LogP contribution in [-0.4, -0.2) is 48.7 Å². The molecule has 1 heterocycles. The molecule has 3 aromatic carbocycles. The van der Waals surface area contributed by atoms with E-state index in [1.54, 1.807) is 61.5 Å². The lowest BCUT2D eigenvalue weighted by molar-refractivity contribution is -0.142. The molecule has 9 nitrogen and oxygen atoms in total. The highest BCUT2D eigenvalue weighted by atomic mass is 16.5. The quantitative estimate of drug-likeness (QED) is 0.198. The van der Waals surface area contributed by atoms with Crippen LogP contribution in [0.15, 0.2) is 72.3 Å². The number of anilines is 1. The van der Waals surface area contributed by atoms with Crippen molar-refractivity contribution in [2.24, 2.45) is 0 Å². The van der Waals surface area contributed by atoms with E-state index in [-0.39, 0.29) is 47.4 Å². The van der Waals surface area contributed by atoms with Gasteiger partial charge in [0.05, 0.1) is 38.9 Å². The molecule has 1 aliphatic rings. The first kappa shape index (κ1) is 26.3. The minimum absolute atomic E-state index is 0.000387. The predicted molar refractivity (Wildman–Crippen MR) is 139 cm³/mol. The van der Waals surface area contributed by atoms with Gasteiger partial charge in [0.1, 0.15) is 28.6 Å². The second-order valence-electron chi connectivity index (χ2n) is 8.45. The van der Waals surface area contributed by atoms with Crippen LogP contribution in [0.25, 0.3) is 5.76 Å². The Bertz CT molecular complexity index is 1370. The van der Waals surface area contributed by atoms with E-state index in [9.17, 15) is 24.6 Å². The molecule has 1 aliphatic heterocycles. The molecule has 2 N–H and O–H groups in total. The number of hydrogen-bond acceptors (Lipinski definition) is 8. The van der Waals surface area contributed by atoms with Gasteiger partial charge in [-0.05, 0) is 54.4 Å². The second kappa shape index (κ2) is 11.1. The SMILES string of the molecule is CCOC(=O)Cc1ccc(N2C(=O)C(=O)/C(=C(/O)c3c(OC)cccc3OC)C2c2ccc(O)cc2)cc1. The lowest BCUT2D eigenvalue weighted by atomic mass is 9.94. The van der Waals surface area contributed by atoms with Gasteiger partial charge in [0.2, 0.25) is 0 Å². The van der Waals surface area contributed by atoms with E-state index in [1.165, 1.54) is 31.3 Å². The Labute approximate surface area is 219 Å². The molecule has 1 atom stereocenters. The van der Waals surface area contributed by atoms with Gasteiger partial charge in [-0.25, -0.2) is 0 Å². The maximum Gasteiger partial charge on any atom is 0.310 e. The number of esters is 1. The summed E-state index contributed by atoms with van der Waals surface area (Å²) in [5.41, 5.74) is 1.49. The minimum atomic E-state index is -1.03. The Morgan fingerprint density at radius 1 is 0.921 bits per heavy atom. The Balaban J connectivity index is 1.87. The van der Waals surface area contributed by atoms with Crippen molar-refractivity contribution in [2.45, 2.75) is 19.4 Å². The molecule has 0 saturated carbocycles. The smallest absolute Gasteiger partial charge is 0.310 e. The summed E-state index contributed by atoms with van der Waals surface area (Å²) in [7, 11) is 2.83. The number of hydrogen-bond donors (Lipinski definition) is 2. The Kier molecular flexibility index (Phi) is 7.66. The summed E-state index contributed by atoms with van der Waals surface area (Å²) in [4.78, 5) is 40.0. The molecule has 1 unspecified atom stereocenters. The number of benzene rings is 3. The molecule has 38 heavy (non-hydrogen) atoms. The number of amides is 1. The van der Waals surface area contributed by atoms with E-state index in [4.69, 9.17) is 14.2 Å². The molecule has 0 aromatic heterocycles. The van der Waals surface area contributed by atoms with Crippen molar-refractivity contribution in [1.82, 2.24) is 0 Å². The van der Waals surface area contributed by atoms with Gasteiger partial charge in [-0.1, -0.05) is 30.3 Å². The van der Waals surface area contributed by atoms with Crippen molar-refractivity contribution in [2.75, 3.05) is 25.7 Å². The minimum Gasteiger partial charge on any atom is -0.508 e. The maximum absolute atomic E-state index is 13.4. The van der Waals surface area contributed by atoms with Crippen LogP contribution in [-0.2, 0) is 25.5 Å². The molecular formula is C29H27NO8. The molecule has 196 valence electrons. The number of carbonyl (C=O) groups is 3. The number of ketones is 1. The predicted octanol–water partition coefficient (Wildman–Crippen LogP) is 4.14. The van der Waals surface area contributed by atoms with Crippen LogP contribution in [0.2, 0.25) is 0 Å². The molecular weight excluding hydrogens is 490 g/mol. The number of aliphatic hydroxyl groups excluding tert-OH is 1. The van der Waals surface area contributed by atoms with E-state index >= 15 is 0 Å². The van der Waals surface area contributed by atoms with E-state index < -0.39 is 23.5 Å². The number of aliphatic hydroxyl groups is 1. The first-order valence-corrected chi connectivity index (χ1v) is 11.9. The summed E-state index contributed by atoms with van der Waals surface area (Å²) in [6, 6.07) is 16.4. The standard InChI is InChI=1S/C29H27NO8/c1-4-38-23(32)16-17-8-12-19(13-9-17)30-26(18-10-14-20(31)15-11-18)25(28(34)29(30)35)27(33)24-21(36-2)6-5-7-22(24)37-3/h5-15,26,31,33H,4,16H2,1-3H3/b27-25+. The van der Waals surface area contributed by atoms with E-state index in [0.29, 0.717) is 16.8 Å². The molecule has 4 rings (SSSR count). The molecule has 0 spiro atoms. The molecule has 0 radical (unpaired) electrons. The van der Waals surface area contributed by atoms with Crippen LogP contribution in [0, 0.1) is 0 Å². The maximum atomic E-state index is 13.4. The Hall–Kier alpha value is -4.79. The average molecular weight is 518 g/mol. The summed E-state index contributed by atoms with van der Waals surface area (Å²) >= 11 is 0. The number of rotatable bonds is 8. The lowest BCUT2D eigenvalue weighted by Gasteiger charge is -2.26. The van der Waals surface area contributed by atoms with Crippen molar-refractivity contribution >= 4 is 29.1 Å². The van der Waals surface area contributed by atoms with Gasteiger partial charge >= 0.3 is 5.97 Å². The normalized spacial score (nSPS) is 16.4. The van der Waals surface area contributed by atoms with Crippen molar-refractivity contribution < 1.29 is 38.8 Å². The highest BCUT2D eigenvalue weighted by molar-refractivity contribution is 6.51. The lowest BCUT2D eigenvalue weighted by Crippen LogP contribution is -2.29. The van der Waals surface area contributed by atoms with Gasteiger partial charge in [-0.3, -0.25) is 19.3 Å². The van der Waals surface area contributed by atoms with Gasteiger partial charge in [0.15, 0.2) is 0 Å². The van der Waals surface area contributed by atoms with Crippen LogP contribution in [0.1, 0.15) is 29.7 Å². The number of phenolic OH excluding ortho intramolecular Hbond substituents is 1. The third-order valence-corrected chi connectivity index (χ3v) is 6.19. The number of carbonyl (C=O) groups excluding carboxylic acids is 3. The number of ether oxygens (including phenoxy) is 3. The van der Waals surface area contributed by atoms with Crippen LogP contribution >= 0.6 is 0 Å². The van der Waals surface area contributed by atoms with Crippen molar-refractivity contribution in [3.63, 3.8) is 0 Å². The fourth-order valence-electron chi connectivity index (χ4n) is 4.44. The molecule has 1 saturated heterocycles. The summed E-state index contributed by atoms with van der Waals surface area (Å²) in [6.07, 6.45) is 0.0575. The van der Waals surface area contributed by atoms with Crippen LogP contribution in [0.4, 0.5) is 5.69 Å². The van der Waals surface area contributed by atoms with Gasteiger partial charge in [0.25, 0.3) is 11.7 Å². The first-order chi connectivity index (χ1) is 18.3. The fraction of sp³-hybridized carbons (Fsp3) is 0.207. The average Bonchev–Trinajstić information content (AvgIpc) is 3.18. The van der Waals surface area contributed by atoms with Crippen molar-refractivity contribution in [3.05, 3.63) is 89.0 Å². The van der Waals surface area contributed by atoms with Crippen LogP contribution in [0.5, 0.6) is 17.2 Å². The number of methoxy groups -OCH3 is 2. The topological polar surface area (TPSA) is 123 Å². The first-order valence-electron chi connectivity index (χ1n) is 11.9. The molecule has 0 bridgehead atoms. The number of aromatic hydroxyl groups is 1. The molecule has 9 heteroatoms. The second-order valence-corrected chi connectivity index (χ2v) is 8.45. The third-order valence-electron chi connectivity index (χ3n) is 6.19. The monoisotopic (exact) mass is 517 g/mol. The summed E-state index contributed by atoms with van der Waals surface area (Å²) in [5.74, 6) is -2.09. The van der Waals surface area contributed by atoms with Gasteiger partial charge in [-0.15, -0.1) is 0 Å². The van der Waals surface area contributed by atoms with Crippen molar-refractivity contribution in [3.8, 4) is 17.2 Å². The molecule has 0 aliphatic carbocycles. The van der Waals surface area contributed by atoms with Crippen LogP contribution in [0.3, 0.4) is 0 Å². The highest BCUT2D eigenvalue weighted by Crippen LogP contribution is 2.45. The van der Waals surface area contributed by atoms with E-state index in [2.05, 4.69) is 0 Å². The summed E-state index contributed by atoms with van der Waals surface area (Å²) < 4.78 is 15.8. The third kappa shape index (κ3) is 4.90. The van der Waals surface area contributed by atoms with Crippen LogP contribution < -0.4 is 14.4 Å². The van der Waals surface area contributed by atoms with Crippen molar-refractivity contribution in [1.29, 1.82) is 0 Å². The van der Waals surface area contributed by atoms with E-state index in [0.717, 1.165) is 0 Å². The zero-order valence-electron chi connectivity index (χ0n) is 21.1. The Morgan fingerprint density at radius 3 is 2.08 bits per heavy atom. The Morgan fingerprint density at radius 2 is 1.53 bits per heavy atom. The number of nitrogens with zero attached hydrogens (tertiary/aromatic N) is 1. The van der Waals surface area contributed by atoms with Gasteiger partial charge < -0.3 is 24.4 Å². The largest absolute Gasteiger partial charge is 0.508 e. The van der Waals surface area contributed by atoms with E-state index in [1.807, 2.05) is 0 Å². The summed E-state index contributed by atoms with van der Waals surface area (Å²) in [5, 5.41) is 21.3. The summed E-state index contributed by atoms with van der Waals surface area (Å²) in [6.45, 7) is 1.99. The fourth-order valence-corrected chi connectivity index (χ4v) is 4.44. The highest BCUT2D eigenvalue weighted by Gasteiger charge is 2.47. The number of phenols is 1. The van der Waals surface area contributed by atoms with Gasteiger partial charge in [0, 0.05) is 5.69 Å². The molecule has 1 fully saturated rings. The van der Waals surface area contributed by atoms with Gasteiger partial charge in [-0.2, -0.15) is 0 Å². The molecule has 3 aromatic rings. The zero-order valence-corrected chi connectivity index (χ0v) is 21.1. The number of Topliss-reactive ketones (excluding diaryl/α,β-unsaturated/α-hetero) is 1.